The minimum Gasteiger partial charge on any atom is -0.399 e. The molecule has 1 saturated heterocycles. The fourth-order valence-electron chi connectivity index (χ4n) is 2.21. The number of anilines is 2. The maximum Gasteiger partial charge on any atom is 0.260 e. The van der Waals surface area contributed by atoms with Gasteiger partial charge in [0.15, 0.2) is 6.10 Å². The number of hydrogen-bond acceptors (Lipinski definition) is 6. The summed E-state index contributed by atoms with van der Waals surface area (Å²) < 4.78 is 5.27. The Hall–Kier alpha value is -2.59. The zero-order valence-corrected chi connectivity index (χ0v) is 10.7. The third-order valence-electron chi connectivity index (χ3n) is 3.23. The average Bonchev–Trinajstić information content (AvgIpc) is 2.48. The first-order valence-electron chi connectivity index (χ1n) is 6.23. The Morgan fingerprint density at radius 1 is 1.55 bits per heavy atom. The largest absolute Gasteiger partial charge is 0.399 e. The van der Waals surface area contributed by atoms with Crippen LogP contribution in [-0.4, -0.2) is 35.8 Å². The van der Waals surface area contributed by atoms with Gasteiger partial charge in [0.2, 0.25) is 5.95 Å². The molecule has 20 heavy (non-hydrogen) atoms. The molecule has 7 heteroatoms. The zero-order chi connectivity index (χ0) is 14.1. The monoisotopic (exact) mass is 271 g/mol. The van der Waals surface area contributed by atoms with Crippen LogP contribution in [0.4, 0.5) is 11.6 Å². The zero-order valence-electron chi connectivity index (χ0n) is 10.7. The molecule has 3 rings (SSSR count). The number of hydrogen-bond donors (Lipinski definition) is 2. The van der Waals surface area contributed by atoms with E-state index in [0.717, 1.165) is 0 Å². The van der Waals surface area contributed by atoms with Gasteiger partial charge in [-0.25, -0.2) is 4.98 Å². The molecule has 1 aliphatic heterocycles. The number of fused-ring (bicyclic) bond motifs is 1. The van der Waals surface area contributed by atoms with E-state index in [-0.39, 0.29) is 5.56 Å². The van der Waals surface area contributed by atoms with Crippen molar-refractivity contribution in [3.05, 3.63) is 28.6 Å². The molecule has 102 valence electrons. The second-order valence-electron chi connectivity index (χ2n) is 4.60. The van der Waals surface area contributed by atoms with Crippen molar-refractivity contribution in [2.24, 2.45) is 0 Å². The van der Waals surface area contributed by atoms with Gasteiger partial charge in [-0.15, -0.1) is 0 Å². The number of aromatic amines is 1. The molecule has 0 radical (unpaired) electrons. The summed E-state index contributed by atoms with van der Waals surface area (Å²) in [6.07, 6.45) is -0.504. The van der Waals surface area contributed by atoms with E-state index < -0.39 is 6.10 Å². The molecular weight excluding hydrogens is 258 g/mol. The van der Waals surface area contributed by atoms with Crippen LogP contribution in [0.2, 0.25) is 0 Å². The summed E-state index contributed by atoms with van der Waals surface area (Å²) in [5.41, 5.74) is 6.53. The quantitative estimate of drug-likeness (QED) is 0.719. The van der Waals surface area contributed by atoms with Gasteiger partial charge in [-0.1, -0.05) is 0 Å². The summed E-state index contributed by atoms with van der Waals surface area (Å²) in [6.45, 7) is 1.41. The Morgan fingerprint density at radius 2 is 2.40 bits per heavy atom. The lowest BCUT2D eigenvalue weighted by Gasteiger charge is -2.30. The van der Waals surface area contributed by atoms with Crippen molar-refractivity contribution in [1.82, 2.24) is 9.97 Å². The van der Waals surface area contributed by atoms with E-state index >= 15 is 0 Å². The Bertz CT molecular complexity index is 748. The van der Waals surface area contributed by atoms with Gasteiger partial charge >= 0.3 is 0 Å². The first kappa shape index (κ1) is 12.4. The molecule has 0 aliphatic carbocycles. The maximum absolute atomic E-state index is 12.1. The first-order chi connectivity index (χ1) is 9.67. The van der Waals surface area contributed by atoms with Crippen LogP contribution in [0, 0.1) is 11.3 Å². The smallest absolute Gasteiger partial charge is 0.260 e. The van der Waals surface area contributed by atoms with Crippen molar-refractivity contribution < 1.29 is 4.74 Å². The lowest BCUT2D eigenvalue weighted by Crippen LogP contribution is -2.43. The van der Waals surface area contributed by atoms with E-state index in [0.29, 0.717) is 42.2 Å². The van der Waals surface area contributed by atoms with Gasteiger partial charge in [0.05, 0.1) is 30.1 Å². The lowest BCUT2D eigenvalue weighted by molar-refractivity contribution is 0.0758. The molecule has 1 atom stereocenters. The number of morpholine rings is 1. The fourth-order valence-corrected chi connectivity index (χ4v) is 2.21. The van der Waals surface area contributed by atoms with E-state index in [1.54, 1.807) is 18.2 Å². The van der Waals surface area contributed by atoms with Gasteiger partial charge in [-0.2, -0.15) is 5.26 Å². The lowest BCUT2D eigenvalue weighted by atomic mass is 10.2. The molecule has 1 aromatic heterocycles. The number of nitrogens with zero attached hydrogens (tertiary/aromatic N) is 3. The number of rotatable bonds is 1. The van der Waals surface area contributed by atoms with Crippen LogP contribution in [0.3, 0.4) is 0 Å². The third kappa shape index (κ3) is 2.17. The highest BCUT2D eigenvalue weighted by atomic mass is 16.5. The van der Waals surface area contributed by atoms with Crippen LogP contribution >= 0.6 is 0 Å². The second-order valence-corrected chi connectivity index (χ2v) is 4.60. The predicted molar refractivity (Wildman–Crippen MR) is 74.3 cm³/mol. The number of aromatic nitrogens is 2. The highest BCUT2D eigenvalue weighted by Crippen LogP contribution is 2.16. The number of nitrogens with one attached hydrogen (secondary N) is 1. The molecule has 1 aromatic carbocycles. The SMILES string of the molecule is N#CC1CN(c2nc3ccc(N)cc3c(=O)[nH]2)CCO1. The molecule has 0 amide bonds. The van der Waals surface area contributed by atoms with Crippen molar-refractivity contribution in [1.29, 1.82) is 5.26 Å². The first-order valence-corrected chi connectivity index (χ1v) is 6.23. The number of nitrogen functional groups attached to an aromatic ring is 1. The van der Waals surface area contributed by atoms with Gasteiger partial charge in [0, 0.05) is 12.2 Å². The molecule has 2 heterocycles. The standard InChI is InChI=1S/C13H13N5O2/c14-6-9-7-18(3-4-20-9)13-16-11-2-1-8(15)5-10(11)12(19)17-13/h1-2,5,9H,3-4,7,15H2,(H,16,17,19). The van der Waals surface area contributed by atoms with Crippen LogP contribution in [0.5, 0.6) is 0 Å². The highest BCUT2D eigenvalue weighted by molar-refractivity contribution is 5.81. The van der Waals surface area contributed by atoms with Crippen molar-refractivity contribution in [2.75, 3.05) is 30.3 Å². The molecule has 0 bridgehead atoms. The van der Waals surface area contributed by atoms with Gasteiger partial charge in [-0.3, -0.25) is 9.78 Å². The van der Waals surface area contributed by atoms with Gasteiger partial charge in [0.25, 0.3) is 5.56 Å². The normalized spacial score (nSPS) is 18.9. The summed E-state index contributed by atoms with van der Waals surface area (Å²) in [5.74, 6) is 0.454. The summed E-state index contributed by atoms with van der Waals surface area (Å²) in [4.78, 5) is 21.1. The van der Waals surface area contributed by atoms with Gasteiger partial charge in [0.1, 0.15) is 0 Å². The number of nitrogens with two attached hydrogens (primary N) is 1. The fraction of sp³-hybridized carbons (Fsp3) is 0.308. The maximum atomic E-state index is 12.1. The summed E-state index contributed by atoms with van der Waals surface area (Å²) in [6, 6.07) is 7.08. The molecule has 0 spiro atoms. The van der Waals surface area contributed by atoms with Crippen LogP contribution in [0.15, 0.2) is 23.0 Å². The molecule has 1 aliphatic rings. The molecule has 1 unspecified atom stereocenters. The van der Waals surface area contributed by atoms with Gasteiger partial charge < -0.3 is 15.4 Å². The second kappa shape index (κ2) is 4.83. The molecule has 1 fully saturated rings. The molecule has 3 N–H and O–H groups in total. The molecule has 7 nitrogen and oxygen atoms in total. The van der Waals surface area contributed by atoms with E-state index in [1.165, 1.54) is 0 Å². The Balaban J connectivity index is 2.03. The number of H-pyrrole nitrogens is 1. The summed E-state index contributed by atoms with van der Waals surface area (Å²) in [5, 5.41) is 9.36. The van der Waals surface area contributed by atoms with Crippen LogP contribution in [-0.2, 0) is 4.74 Å². The minimum absolute atomic E-state index is 0.239. The topological polar surface area (TPSA) is 108 Å². The highest BCUT2D eigenvalue weighted by Gasteiger charge is 2.22. The Kier molecular flexibility index (Phi) is 3.00. The Morgan fingerprint density at radius 3 is 3.20 bits per heavy atom. The molecule has 0 saturated carbocycles. The summed E-state index contributed by atoms with van der Waals surface area (Å²) in [7, 11) is 0. The number of nitriles is 1. The van der Waals surface area contributed by atoms with Crippen LogP contribution < -0.4 is 16.2 Å². The Labute approximate surface area is 114 Å². The van der Waals surface area contributed by atoms with E-state index in [4.69, 9.17) is 15.7 Å². The van der Waals surface area contributed by atoms with Gasteiger partial charge in [-0.05, 0) is 18.2 Å². The van der Waals surface area contributed by atoms with E-state index in [9.17, 15) is 4.79 Å². The van der Waals surface area contributed by atoms with E-state index in [2.05, 4.69) is 16.0 Å². The van der Waals surface area contributed by atoms with E-state index in [1.807, 2.05) is 4.90 Å². The van der Waals surface area contributed by atoms with Crippen molar-refractivity contribution in [3.8, 4) is 6.07 Å². The average molecular weight is 271 g/mol. The number of ether oxygens (including phenoxy) is 1. The summed E-state index contributed by atoms with van der Waals surface area (Å²) >= 11 is 0. The van der Waals surface area contributed by atoms with Crippen molar-refractivity contribution in [3.63, 3.8) is 0 Å². The predicted octanol–water partition coefficient (Wildman–Crippen LogP) is 0.234. The molecular formula is C13H13N5O2. The number of benzene rings is 1. The minimum atomic E-state index is -0.504. The van der Waals surface area contributed by atoms with Crippen molar-refractivity contribution in [2.45, 2.75) is 6.10 Å². The molecule has 2 aromatic rings. The third-order valence-corrected chi connectivity index (χ3v) is 3.23. The van der Waals surface area contributed by atoms with Crippen molar-refractivity contribution >= 4 is 22.5 Å². The van der Waals surface area contributed by atoms with Crippen LogP contribution in [0.1, 0.15) is 0 Å². The van der Waals surface area contributed by atoms with Crippen LogP contribution in [0.25, 0.3) is 10.9 Å².